The summed E-state index contributed by atoms with van der Waals surface area (Å²) in [5.74, 6) is -0.704. The van der Waals surface area contributed by atoms with Crippen molar-refractivity contribution in [1.82, 2.24) is 0 Å². The van der Waals surface area contributed by atoms with Crippen LogP contribution in [0.2, 0.25) is 0 Å². The van der Waals surface area contributed by atoms with Crippen LogP contribution in [0, 0.1) is 19.3 Å². The molecule has 0 radical (unpaired) electrons. The van der Waals surface area contributed by atoms with Crippen LogP contribution in [-0.2, 0) is 27.2 Å². The van der Waals surface area contributed by atoms with E-state index in [2.05, 4.69) is 26.0 Å². The Labute approximate surface area is 182 Å². The van der Waals surface area contributed by atoms with E-state index in [0.717, 1.165) is 64.2 Å². The van der Waals surface area contributed by atoms with Crippen molar-refractivity contribution in [2.75, 3.05) is 0 Å². The Morgan fingerprint density at radius 2 is 1.57 bits per heavy atom. The minimum absolute atomic E-state index is 0.117. The van der Waals surface area contributed by atoms with Crippen LogP contribution in [0.15, 0.2) is 12.1 Å². The molecule has 0 unspecified atom stereocenters. The zero-order chi connectivity index (χ0) is 22.2. The molecule has 2 rings (SSSR count). The molecule has 4 nitrogen and oxygen atoms in total. The average Bonchev–Trinajstić information content (AvgIpc) is 3.43. The molecule has 0 amide bonds. The van der Waals surface area contributed by atoms with Crippen LogP contribution in [0.4, 0.5) is 0 Å². The number of unbranched alkanes of at least 4 members (excludes halogenated alkanes) is 4. The van der Waals surface area contributed by atoms with Crippen LogP contribution in [0.25, 0.3) is 0 Å². The number of ether oxygens (including phenoxy) is 1. The van der Waals surface area contributed by atoms with Gasteiger partial charge in [-0.05, 0) is 108 Å². The van der Waals surface area contributed by atoms with Gasteiger partial charge in [-0.25, -0.2) is 0 Å². The molecule has 4 heteroatoms. The molecule has 0 spiro atoms. The van der Waals surface area contributed by atoms with E-state index < -0.39 is 11.4 Å². The van der Waals surface area contributed by atoms with Gasteiger partial charge in [0.15, 0.2) is 0 Å². The number of hydrogen-bond donors (Lipinski definition) is 1. The number of benzene rings is 1. The number of aryl methyl sites for hydroxylation is 4. The van der Waals surface area contributed by atoms with Crippen molar-refractivity contribution in [2.24, 2.45) is 5.41 Å². The molecule has 1 fully saturated rings. The summed E-state index contributed by atoms with van der Waals surface area (Å²) in [6.07, 6.45) is 12.6. The third kappa shape index (κ3) is 7.45. The fourth-order valence-electron chi connectivity index (χ4n) is 4.26. The molecular formula is C26H40O4. The molecule has 30 heavy (non-hydrogen) atoms. The van der Waals surface area contributed by atoms with Gasteiger partial charge in [-0.15, -0.1) is 0 Å². The number of carbonyl (C=O) groups is 2. The number of hydrogen-bond acceptors (Lipinski definition) is 3. The van der Waals surface area contributed by atoms with Crippen molar-refractivity contribution in [3.05, 3.63) is 34.4 Å². The summed E-state index contributed by atoms with van der Waals surface area (Å²) >= 11 is 0. The molecule has 0 heterocycles. The fraction of sp³-hybridized carbons (Fsp3) is 0.692. The molecule has 1 saturated carbocycles. The number of carboxylic acids is 1. The minimum atomic E-state index is -0.704. The molecule has 1 aromatic rings. The van der Waals surface area contributed by atoms with Gasteiger partial charge in [-0.1, -0.05) is 31.4 Å². The second-order valence-electron chi connectivity index (χ2n) is 9.91. The molecule has 0 aromatic heterocycles. The number of aliphatic carboxylic acids is 1. The molecule has 168 valence electrons. The SMILES string of the molecule is Cc1cc(C)c(CCCCCC(C)(C)C(=O)O)cc1CCCCCC1(OC=O)CC1. The fourth-order valence-corrected chi connectivity index (χ4v) is 4.26. The highest BCUT2D eigenvalue weighted by atomic mass is 16.5. The van der Waals surface area contributed by atoms with Gasteiger partial charge in [0, 0.05) is 0 Å². The molecule has 1 aromatic carbocycles. The third-order valence-electron chi connectivity index (χ3n) is 6.81. The Morgan fingerprint density at radius 1 is 1.00 bits per heavy atom. The van der Waals surface area contributed by atoms with Crippen molar-refractivity contribution in [3.63, 3.8) is 0 Å². The third-order valence-corrected chi connectivity index (χ3v) is 6.81. The Balaban J connectivity index is 1.73. The normalized spacial score (nSPS) is 15.1. The maximum Gasteiger partial charge on any atom is 0.309 e. The van der Waals surface area contributed by atoms with E-state index in [1.54, 1.807) is 0 Å². The summed E-state index contributed by atoms with van der Waals surface area (Å²) in [5.41, 5.74) is 4.89. The van der Waals surface area contributed by atoms with Crippen LogP contribution in [0.3, 0.4) is 0 Å². The lowest BCUT2D eigenvalue weighted by atomic mass is 9.86. The lowest BCUT2D eigenvalue weighted by molar-refractivity contribution is -0.147. The Hall–Kier alpha value is -1.84. The Morgan fingerprint density at radius 3 is 2.07 bits per heavy atom. The highest BCUT2D eigenvalue weighted by Crippen LogP contribution is 2.43. The molecular weight excluding hydrogens is 376 g/mol. The molecule has 0 aliphatic heterocycles. The van der Waals surface area contributed by atoms with Gasteiger partial charge >= 0.3 is 5.97 Å². The maximum absolute atomic E-state index is 11.2. The van der Waals surface area contributed by atoms with E-state index in [1.807, 2.05) is 13.8 Å². The zero-order valence-corrected chi connectivity index (χ0v) is 19.4. The van der Waals surface area contributed by atoms with Crippen LogP contribution >= 0.6 is 0 Å². The van der Waals surface area contributed by atoms with Crippen molar-refractivity contribution in [3.8, 4) is 0 Å². The van der Waals surface area contributed by atoms with E-state index in [4.69, 9.17) is 4.74 Å². The Kier molecular flexibility index (Phi) is 8.93. The van der Waals surface area contributed by atoms with E-state index in [-0.39, 0.29) is 5.60 Å². The van der Waals surface area contributed by atoms with Crippen LogP contribution in [-0.4, -0.2) is 23.1 Å². The van der Waals surface area contributed by atoms with Gasteiger partial charge in [0.05, 0.1) is 5.41 Å². The van der Waals surface area contributed by atoms with Crippen molar-refractivity contribution in [2.45, 2.75) is 110 Å². The van der Waals surface area contributed by atoms with Gasteiger partial charge in [0.25, 0.3) is 6.47 Å². The van der Waals surface area contributed by atoms with Gasteiger partial charge in [-0.3, -0.25) is 9.59 Å². The lowest BCUT2D eigenvalue weighted by Gasteiger charge is -2.18. The molecule has 0 atom stereocenters. The van der Waals surface area contributed by atoms with Gasteiger partial charge in [0.2, 0.25) is 0 Å². The second-order valence-corrected chi connectivity index (χ2v) is 9.91. The molecule has 1 aliphatic carbocycles. The highest BCUT2D eigenvalue weighted by molar-refractivity contribution is 5.73. The summed E-state index contributed by atoms with van der Waals surface area (Å²) < 4.78 is 5.23. The first kappa shape index (κ1) is 24.4. The number of carboxylic acid groups (broad SMARTS) is 1. The standard InChI is InChI=1S/C26H40O4/c1-20-17-21(2)23(12-8-6-10-14-26(15-16-26)30-19-27)18-22(20)11-7-5-9-13-25(3,4)24(28)29/h17-19H,5-16H2,1-4H3,(H,28,29). The van der Waals surface area contributed by atoms with Gasteiger partial charge in [-0.2, -0.15) is 0 Å². The highest BCUT2D eigenvalue weighted by Gasteiger charge is 2.44. The Bertz CT molecular complexity index is 716. The van der Waals surface area contributed by atoms with E-state index >= 15 is 0 Å². The monoisotopic (exact) mass is 416 g/mol. The molecule has 1 aliphatic rings. The summed E-state index contributed by atoms with van der Waals surface area (Å²) in [6, 6.07) is 4.71. The molecule has 1 N–H and O–H groups in total. The number of carbonyl (C=O) groups excluding carboxylic acids is 1. The second kappa shape index (κ2) is 11.0. The lowest BCUT2D eigenvalue weighted by Crippen LogP contribution is -2.23. The van der Waals surface area contributed by atoms with Crippen molar-refractivity contribution < 1.29 is 19.4 Å². The summed E-state index contributed by atoms with van der Waals surface area (Å²) in [6.45, 7) is 8.63. The van der Waals surface area contributed by atoms with Gasteiger partial charge < -0.3 is 9.84 Å². The topological polar surface area (TPSA) is 63.6 Å². The van der Waals surface area contributed by atoms with E-state index in [0.29, 0.717) is 6.47 Å². The van der Waals surface area contributed by atoms with Gasteiger partial charge in [0.1, 0.15) is 5.60 Å². The van der Waals surface area contributed by atoms with E-state index in [9.17, 15) is 14.7 Å². The first-order valence-electron chi connectivity index (χ1n) is 11.6. The van der Waals surface area contributed by atoms with Crippen molar-refractivity contribution >= 4 is 12.4 Å². The quantitative estimate of drug-likeness (QED) is 0.268. The predicted octanol–water partition coefficient (Wildman–Crippen LogP) is 6.33. The largest absolute Gasteiger partial charge is 0.481 e. The summed E-state index contributed by atoms with van der Waals surface area (Å²) in [4.78, 5) is 21.8. The summed E-state index contributed by atoms with van der Waals surface area (Å²) in [7, 11) is 0. The van der Waals surface area contributed by atoms with Crippen LogP contribution in [0.5, 0.6) is 0 Å². The van der Waals surface area contributed by atoms with Crippen LogP contribution in [0.1, 0.15) is 100 Å². The average molecular weight is 417 g/mol. The predicted molar refractivity (Wildman–Crippen MR) is 121 cm³/mol. The molecule has 0 saturated heterocycles. The van der Waals surface area contributed by atoms with Crippen molar-refractivity contribution in [1.29, 1.82) is 0 Å². The number of rotatable bonds is 15. The van der Waals surface area contributed by atoms with E-state index in [1.165, 1.54) is 35.1 Å². The molecule has 0 bridgehead atoms. The van der Waals surface area contributed by atoms with Crippen LogP contribution < -0.4 is 0 Å². The zero-order valence-electron chi connectivity index (χ0n) is 19.4. The minimum Gasteiger partial charge on any atom is -0.481 e. The maximum atomic E-state index is 11.2. The first-order chi connectivity index (χ1) is 14.2. The summed E-state index contributed by atoms with van der Waals surface area (Å²) in [5, 5.41) is 9.22. The smallest absolute Gasteiger partial charge is 0.309 e. The first-order valence-corrected chi connectivity index (χ1v) is 11.6.